The van der Waals surface area contributed by atoms with Gasteiger partial charge in [0.1, 0.15) is 0 Å². The zero-order valence-electron chi connectivity index (χ0n) is 17.0. The summed E-state index contributed by atoms with van der Waals surface area (Å²) < 4.78 is 0. The molecule has 0 heterocycles. The molecule has 0 bridgehead atoms. The third-order valence-corrected chi connectivity index (χ3v) is 4.35. The van der Waals surface area contributed by atoms with Crippen LogP contribution in [0.1, 0.15) is 109 Å². The number of aliphatic hydroxyl groups is 2. The predicted octanol–water partition coefficient (Wildman–Crippen LogP) is 4.76. The van der Waals surface area contributed by atoms with Crippen LogP contribution < -0.4 is 0 Å². The van der Waals surface area contributed by atoms with Crippen molar-refractivity contribution < 1.29 is 30.0 Å². The Morgan fingerprint density at radius 3 is 0.852 bits per heavy atom. The van der Waals surface area contributed by atoms with Crippen LogP contribution in [-0.2, 0) is 9.59 Å². The van der Waals surface area contributed by atoms with E-state index in [4.69, 9.17) is 20.4 Å². The standard InChI is InChI=1S/C12H22O4.C9H20O2/c13-11(14)9-7-5-3-1-2-4-6-8-10-12(15)16;10-8-6-4-2-1-3-5-7-9-11/h1-10H2,(H,13,14)(H,15,16);10-11H,1-9H2. The number of hydrogen-bond donors (Lipinski definition) is 4. The SMILES string of the molecule is O=C(O)CCCCCCCCCCC(=O)O.OCCCCCCCCCO. The first kappa shape index (κ1) is 28.1. The fraction of sp³-hybridized carbons (Fsp3) is 0.905. The monoisotopic (exact) mass is 390 g/mol. The number of carbonyl (C=O) groups is 2. The molecule has 0 aromatic carbocycles. The Bertz CT molecular complexity index is 290. The van der Waals surface area contributed by atoms with E-state index in [1.54, 1.807) is 0 Å². The number of carboxylic acids is 2. The molecule has 0 saturated heterocycles. The minimum Gasteiger partial charge on any atom is -0.481 e. The highest BCUT2D eigenvalue weighted by Gasteiger charge is 1.98. The van der Waals surface area contributed by atoms with Crippen LogP contribution in [0.5, 0.6) is 0 Å². The molecule has 6 nitrogen and oxygen atoms in total. The van der Waals surface area contributed by atoms with Crippen molar-refractivity contribution in [2.75, 3.05) is 13.2 Å². The van der Waals surface area contributed by atoms with Crippen LogP contribution in [0, 0.1) is 0 Å². The Balaban J connectivity index is 0. The topological polar surface area (TPSA) is 115 Å². The largest absolute Gasteiger partial charge is 0.481 e. The van der Waals surface area contributed by atoms with Gasteiger partial charge in [-0.1, -0.05) is 70.6 Å². The Kier molecular flexibility index (Phi) is 25.8. The summed E-state index contributed by atoms with van der Waals surface area (Å²) in [4.78, 5) is 20.4. The molecule has 0 amide bonds. The summed E-state index contributed by atoms with van der Waals surface area (Å²) in [5.74, 6) is -1.43. The highest BCUT2D eigenvalue weighted by atomic mass is 16.4. The number of hydrogen-bond acceptors (Lipinski definition) is 4. The summed E-state index contributed by atoms with van der Waals surface area (Å²) >= 11 is 0. The zero-order chi connectivity index (χ0) is 20.6. The molecule has 0 aliphatic rings. The maximum Gasteiger partial charge on any atom is 0.303 e. The van der Waals surface area contributed by atoms with E-state index in [9.17, 15) is 9.59 Å². The Morgan fingerprint density at radius 2 is 0.630 bits per heavy atom. The maximum absolute atomic E-state index is 10.2. The lowest BCUT2D eigenvalue weighted by molar-refractivity contribution is -0.138. The molecule has 0 aromatic heterocycles. The highest BCUT2D eigenvalue weighted by molar-refractivity contribution is 5.66. The summed E-state index contributed by atoms with van der Waals surface area (Å²) in [5, 5.41) is 33.8. The van der Waals surface area contributed by atoms with Crippen molar-refractivity contribution in [1.82, 2.24) is 0 Å². The summed E-state index contributed by atoms with van der Waals surface area (Å²) in [5.41, 5.74) is 0. The van der Waals surface area contributed by atoms with Crippen LogP contribution in [0.3, 0.4) is 0 Å². The fourth-order valence-corrected chi connectivity index (χ4v) is 2.72. The molecule has 0 unspecified atom stereocenters. The van der Waals surface area contributed by atoms with Crippen LogP contribution >= 0.6 is 0 Å². The Hall–Kier alpha value is -1.14. The molecule has 27 heavy (non-hydrogen) atoms. The number of carboxylic acid groups (broad SMARTS) is 2. The van der Waals surface area contributed by atoms with Gasteiger partial charge in [-0.05, 0) is 25.7 Å². The molecule has 0 spiro atoms. The first-order valence-corrected chi connectivity index (χ1v) is 10.7. The van der Waals surface area contributed by atoms with E-state index < -0.39 is 11.9 Å². The van der Waals surface area contributed by atoms with Gasteiger partial charge in [0, 0.05) is 26.1 Å². The second-order valence-electron chi connectivity index (χ2n) is 7.04. The number of aliphatic hydroxyl groups excluding tert-OH is 2. The third-order valence-electron chi connectivity index (χ3n) is 4.35. The van der Waals surface area contributed by atoms with E-state index in [0.717, 1.165) is 77.0 Å². The Morgan fingerprint density at radius 1 is 0.407 bits per heavy atom. The van der Waals surface area contributed by atoms with E-state index >= 15 is 0 Å². The molecule has 4 N–H and O–H groups in total. The lowest BCUT2D eigenvalue weighted by Crippen LogP contribution is -1.94. The molecule has 0 saturated carbocycles. The molecule has 162 valence electrons. The molecule has 0 atom stereocenters. The van der Waals surface area contributed by atoms with Gasteiger partial charge in [-0.25, -0.2) is 0 Å². The maximum atomic E-state index is 10.2. The molecular weight excluding hydrogens is 348 g/mol. The van der Waals surface area contributed by atoms with Crippen molar-refractivity contribution in [2.45, 2.75) is 109 Å². The second kappa shape index (κ2) is 24.9. The van der Waals surface area contributed by atoms with Crippen molar-refractivity contribution in [2.24, 2.45) is 0 Å². The molecular formula is C21H42O6. The van der Waals surface area contributed by atoms with Gasteiger partial charge in [-0.3, -0.25) is 9.59 Å². The van der Waals surface area contributed by atoms with Crippen molar-refractivity contribution in [1.29, 1.82) is 0 Å². The highest BCUT2D eigenvalue weighted by Crippen LogP contribution is 2.10. The van der Waals surface area contributed by atoms with Gasteiger partial charge in [0.15, 0.2) is 0 Å². The van der Waals surface area contributed by atoms with Gasteiger partial charge in [0.2, 0.25) is 0 Å². The van der Waals surface area contributed by atoms with Crippen molar-refractivity contribution in [3.05, 3.63) is 0 Å². The lowest BCUT2D eigenvalue weighted by Gasteiger charge is -2.00. The molecule has 0 aliphatic carbocycles. The lowest BCUT2D eigenvalue weighted by atomic mass is 10.1. The van der Waals surface area contributed by atoms with E-state index in [1.807, 2.05) is 0 Å². The minimum atomic E-state index is -0.714. The molecule has 0 aromatic rings. The van der Waals surface area contributed by atoms with Gasteiger partial charge < -0.3 is 20.4 Å². The van der Waals surface area contributed by atoms with Gasteiger partial charge in [0.05, 0.1) is 0 Å². The number of rotatable bonds is 19. The van der Waals surface area contributed by atoms with Crippen molar-refractivity contribution in [3.8, 4) is 0 Å². The smallest absolute Gasteiger partial charge is 0.303 e. The predicted molar refractivity (Wildman–Crippen MR) is 108 cm³/mol. The van der Waals surface area contributed by atoms with Crippen LogP contribution in [-0.4, -0.2) is 45.6 Å². The molecule has 0 aliphatic heterocycles. The normalized spacial score (nSPS) is 10.3. The van der Waals surface area contributed by atoms with E-state index in [1.165, 1.54) is 19.3 Å². The van der Waals surface area contributed by atoms with Crippen molar-refractivity contribution >= 4 is 11.9 Å². The van der Waals surface area contributed by atoms with Gasteiger partial charge in [0.25, 0.3) is 0 Å². The van der Waals surface area contributed by atoms with Crippen LogP contribution in [0.25, 0.3) is 0 Å². The molecule has 0 radical (unpaired) electrons. The van der Waals surface area contributed by atoms with Crippen LogP contribution in [0.4, 0.5) is 0 Å². The van der Waals surface area contributed by atoms with Gasteiger partial charge in [-0.2, -0.15) is 0 Å². The molecule has 6 heteroatoms. The van der Waals surface area contributed by atoms with Crippen LogP contribution in [0.15, 0.2) is 0 Å². The third kappa shape index (κ3) is 32.9. The summed E-state index contributed by atoms with van der Waals surface area (Å²) in [7, 11) is 0. The first-order chi connectivity index (χ1) is 13.0. The van der Waals surface area contributed by atoms with Crippen LogP contribution in [0.2, 0.25) is 0 Å². The number of aliphatic carboxylic acids is 2. The zero-order valence-corrected chi connectivity index (χ0v) is 17.0. The average molecular weight is 391 g/mol. The van der Waals surface area contributed by atoms with E-state index in [0.29, 0.717) is 13.2 Å². The van der Waals surface area contributed by atoms with Gasteiger partial charge in [-0.15, -0.1) is 0 Å². The first-order valence-electron chi connectivity index (χ1n) is 10.7. The average Bonchev–Trinajstić information content (AvgIpc) is 2.62. The van der Waals surface area contributed by atoms with E-state index in [-0.39, 0.29) is 12.8 Å². The molecule has 0 rings (SSSR count). The fourth-order valence-electron chi connectivity index (χ4n) is 2.72. The van der Waals surface area contributed by atoms with Crippen molar-refractivity contribution in [3.63, 3.8) is 0 Å². The summed E-state index contributed by atoms with van der Waals surface area (Å²) in [6.45, 7) is 0.660. The number of unbranched alkanes of at least 4 members (excludes halogenated alkanes) is 13. The van der Waals surface area contributed by atoms with E-state index in [2.05, 4.69) is 0 Å². The minimum absolute atomic E-state index is 0.276. The molecule has 0 fully saturated rings. The Labute approximate surface area is 165 Å². The quantitative estimate of drug-likeness (QED) is 0.236. The van der Waals surface area contributed by atoms with Gasteiger partial charge >= 0.3 is 11.9 Å². The summed E-state index contributed by atoms with van der Waals surface area (Å²) in [6.07, 6.45) is 16.4. The second-order valence-corrected chi connectivity index (χ2v) is 7.04. The summed E-state index contributed by atoms with van der Waals surface area (Å²) in [6, 6.07) is 0.